The monoisotopic (exact) mass is 183 g/mol. The van der Waals surface area contributed by atoms with Gasteiger partial charge in [0.15, 0.2) is 0 Å². The van der Waals surface area contributed by atoms with E-state index in [0.717, 1.165) is 19.4 Å². The van der Waals surface area contributed by atoms with Gasteiger partial charge < -0.3 is 5.11 Å². The van der Waals surface area contributed by atoms with E-state index in [0.29, 0.717) is 6.04 Å². The summed E-state index contributed by atoms with van der Waals surface area (Å²) < 4.78 is 0. The zero-order valence-electron chi connectivity index (χ0n) is 8.63. The van der Waals surface area contributed by atoms with Crippen molar-refractivity contribution in [3.63, 3.8) is 0 Å². The molecule has 2 aliphatic rings. The zero-order chi connectivity index (χ0) is 9.31. The molecule has 1 aliphatic carbocycles. The van der Waals surface area contributed by atoms with Crippen LogP contribution >= 0.6 is 0 Å². The second-order valence-corrected chi connectivity index (χ2v) is 4.89. The number of hydrogen-bond donors (Lipinski definition) is 1. The molecule has 1 atom stereocenters. The van der Waals surface area contributed by atoms with Gasteiger partial charge >= 0.3 is 0 Å². The molecule has 0 aromatic heterocycles. The summed E-state index contributed by atoms with van der Waals surface area (Å²) in [6.45, 7) is 4.41. The predicted octanol–water partition coefficient (Wildman–Crippen LogP) is 1.78. The van der Waals surface area contributed by atoms with Crippen LogP contribution in [0.3, 0.4) is 0 Å². The van der Waals surface area contributed by atoms with Gasteiger partial charge in [0.2, 0.25) is 0 Å². The first kappa shape index (κ1) is 9.47. The van der Waals surface area contributed by atoms with Gasteiger partial charge in [0.05, 0.1) is 5.60 Å². The molecule has 0 aromatic rings. The molecule has 2 fully saturated rings. The number of nitrogens with zero attached hydrogens (tertiary/aromatic N) is 1. The Balaban J connectivity index is 1.88. The molecular weight excluding hydrogens is 162 g/mol. The molecule has 76 valence electrons. The molecule has 0 spiro atoms. The first-order valence-electron chi connectivity index (χ1n) is 5.66. The Morgan fingerprint density at radius 2 is 2.00 bits per heavy atom. The summed E-state index contributed by atoms with van der Waals surface area (Å²) in [7, 11) is 0. The molecule has 1 aliphatic heterocycles. The molecule has 2 rings (SSSR count). The topological polar surface area (TPSA) is 23.5 Å². The Kier molecular flexibility index (Phi) is 2.61. The van der Waals surface area contributed by atoms with Gasteiger partial charge in [-0.25, -0.2) is 0 Å². The Hall–Kier alpha value is -0.0800. The highest BCUT2D eigenvalue weighted by molar-refractivity contribution is 4.90. The Bertz CT molecular complexity index is 175. The van der Waals surface area contributed by atoms with Crippen LogP contribution < -0.4 is 0 Å². The van der Waals surface area contributed by atoms with Crippen LogP contribution in [-0.4, -0.2) is 34.7 Å². The molecule has 1 N–H and O–H groups in total. The highest BCUT2D eigenvalue weighted by Crippen LogP contribution is 2.32. The number of likely N-dealkylation sites (tertiary alicyclic amines) is 1. The van der Waals surface area contributed by atoms with Gasteiger partial charge in [0.25, 0.3) is 0 Å². The third-order valence-electron chi connectivity index (χ3n) is 3.72. The van der Waals surface area contributed by atoms with Crippen molar-refractivity contribution in [2.45, 2.75) is 57.1 Å². The van der Waals surface area contributed by atoms with Crippen LogP contribution in [0.4, 0.5) is 0 Å². The predicted molar refractivity (Wildman–Crippen MR) is 53.7 cm³/mol. The quantitative estimate of drug-likeness (QED) is 0.705. The summed E-state index contributed by atoms with van der Waals surface area (Å²) in [6.07, 6.45) is 7.12. The second kappa shape index (κ2) is 3.58. The van der Waals surface area contributed by atoms with E-state index in [-0.39, 0.29) is 5.60 Å². The molecule has 0 amide bonds. The van der Waals surface area contributed by atoms with Gasteiger partial charge in [-0.15, -0.1) is 0 Å². The normalized spacial score (nSPS) is 34.2. The molecule has 1 heterocycles. The largest absolute Gasteiger partial charge is 0.389 e. The molecule has 1 unspecified atom stereocenters. The van der Waals surface area contributed by atoms with E-state index in [1.165, 1.54) is 32.2 Å². The maximum Gasteiger partial charge on any atom is 0.0774 e. The van der Waals surface area contributed by atoms with Crippen LogP contribution in [0.5, 0.6) is 0 Å². The van der Waals surface area contributed by atoms with Gasteiger partial charge in [0.1, 0.15) is 0 Å². The summed E-state index contributed by atoms with van der Waals surface area (Å²) >= 11 is 0. The summed E-state index contributed by atoms with van der Waals surface area (Å²) in [5, 5.41) is 10.2. The van der Waals surface area contributed by atoms with E-state index in [4.69, 9.17) is 0 Å². The van der Waals surface area contributed by atoms with Crippen molar-refractivity contribution in [2.24, 2.45) is 0 Å². The first-order chi connectivity index (χ1) is 6.20. The number of rotatable bonds is 2. The van der Waals surface area contributed by atoms with E-state index >= 15 is 0 Å². The smallest absolute Gasteiger partial charge is 0.0774 e. The summed E-state index contributed by atoms with van der Waals surface area (Å²) in [6, 6.07) is 0.699. The van der Waals surface area contributed by atoms with Crippen LogP contribution in [0.2, 0.25) is 0 Å². The maximum absolute atomic E-state index is 10.2. The first-order valence-corrected chi connectivity index (χ1v) is 5.66. The van der Waals surface area contributed by atoms with Crippen molar-refractivity contribution >= 4 is 0 Å². The minimum absolute atomic E-state index is 0.335. The molecule has 2 nitrogen and oxygen atoms in total. The summed E-state index contributed by atoms with van der Waals surface area (Å²) in [5.74, 6) is 0. The van der Waals surface area contributed by atoms with Crippen molar-refractivity contribution in [1.82, 2.24) is 4.90 Å². The third kappa shape index (κ3) is 2.05. The maximum atomic E-state index is 10.2. The fourth-order valence-corrected chi connectivity index (χ4v) is 2.80. The van der Waals surface area contributed by atoms with Gasteiger partial charge in [-0.2, -0.15) is 0 Å². The van der Waals surface area contributed by atoms with Crippen molar-refractivity contribution in [3.05, 3.63) is 0 Å². The van der Waals surface area contributed by atoms with Gasteiger partial charge in [-0.3, -0.25) is 4.90 Å². The minimum atomic E-state index is -0.335. The van der Waals surface area contributed by atoms with Gasteiger partial charge in [-0.1, -0.05) is 12.8 Å². The van der Waals surface area contributed by atoms with Crippen molar-refractivity contribution < 1.29 is 5.11 Å². The lowest BCUT2D eigenvalue weighted by atomic mass is 10.0. The van der Waals surface area contributed by atoms with Crippen LogP contribution in [-0.2, 0) is 0 Å². The highest BCUT2D eigenvalue weighted by atomic mass is 16.3. The van der Waals surface area contributed by atoms with Crippen molar-refractivity contribution in [3.8, 4) is 0 Å². The van der Waals surface area contributed by atoms with Crippen LogP contribution in [0, 0.1) is 0 Å². The lowest BCUT2D eigenvalue weighted by molar-refractivity contribution is 0.00753. The summed E-state index contributed by atoms with van der Waals surface area (Å²) in [4.78, 5) is 2.46. The average molecular weight is 183 g/mol. The molecule has 0 radical (unpaired) electrons. The SMILES string of the molecule is CC1CCCN1CC1(O)CCCC1. The molecular formula is C11H21NO. The molecule has 2 heteroatoms. The van der Waals surface area contributed by atoms with Crippen molar-refractivity contribution in [2.75, 3.05) is 13.1 Å². The fraction of sp³-hybridized carbons (Fsp3) is 1.00. The van der Waals surface area contributed by atoms with E-state index in [1.54, 1.807) is 0 Å². The number of β-amino-alcohol motifs (C(OH)–C–C–N with tert-alkyl or cyclic N) is 1. The van der Waals surface area contributed by atoms with Crippen LogP contribution in [0.1, 0.15) is 45.4 Å². The third-order valence-corrected chi connectivity index (χ3v) is 3.72. The van der Waals surface area contributed by atoms with E-state index < -0.39 is 0 Å². The van der Waals surface area contributed by atoms with Gasteiger partial charge in [0, 0.05) is 12.6 Å². The molecule has 13 heavy (non-hydrogen) atoms. The van der Waals surface area contributed by atoms with Crippen molar-refractivity contribution in [1.29, 1.82) is 0 Å². The van der Waals surface area contributed by atoms with Gasteiger partial charge in [-0.05, 0) is 39.2 Å². The standard InChI is InChI=1S/C11H21NO/c1-10-5-4-8-12(10)9-11(13)6-2-3-7-11/h10,13H,2-9H2,1H3. The number of hydrogen-bond acceptors (Lipinski definition) is 2. The number of aliphatic hydroxyl groups is 1. The molecule has 0 bridgehead atoms. The average Bonchev–Trinajstić information content (AvgIpc) is 2.64. The molecule has 0 aromatic carbocycles. The lowest BCUT2D eigenvalue weighted by Gasteiger charge is -2.31. The summed E-state index contributed by atoms with van der Waals surface area (Å²) in [5.41, 5.74) is -0.335. The Labute approximate surface area is 80.9 Å². The van der Waals surface area contributed by atoms with Crippen LogP contribution in [0.25, 0.3) is 0 Å². The van der Waals surface area contributed by atoms with E-state index in [9.17, 15) is 5.11 Å². The second-order valence-electron chi connectivity index (χ2n) is 4.89. The minimum Gasteiger partial charge on any atom is -0.389 e. The Morgan fingerprint density at radius 1 is 1.31 bits per heavy atom. The van der Waals surface area contributed by atoms with Crippen LogP contribution in [0.15, 0.2) is 0 Å². The lowest BCUT2D eigenvalue weighted by Crippen LogP contribution is -2.42. The zero-order valence-corrected chi connectivity index (χ0v) is 8.63. The fourth-order valence-electron chi connectivity index (χ4n) is 2.80. The van der Waals surface area contributed by atoms with E-state index in [1.807, 2.05) is 0 Å². The molecule has 1 saturated heterocycles. The van der Waals surface area contributed by atoms with E-state index in [2.05, 4.69) is 11.8 Å². The molecule has 1 saturated carbocycles. The Morgan fingerprint density at radius 3 is 2.54 bits per heavy atom. The highest BCUT2D eigenvalue weighted by Gasteiger charge is 2.35.